The Labute approximate surface area is 148 Å². The molecule has 1 atom stereocenters. The molecule has 0 radical (unpaired) electrons. The first kappa shape index (κ1) is 18.6. The molecule has 25 heavy (non-hydrogen) atoms. The molecule has 2 aromatic carbocycles. The van der Waals surface area contributed by atoms with Gasteiger partial charge in [0.25, 0.3) is 0 Å². The number of carbonyl (C=O) groups excluding carboxylic acids is 1. The summed E-state index contributed by atoms with van der Waals surface area (Å²) in [5.74, 6) is 2.19. The van der Waals surface area contributed by atoms with E-state index in [0.29, 0.717) is 12.4 Å². The van der Waals surface area contributed by atoms with Gasteiger partial charge in [0.15, 0.2) is 0 Å². The van der Waals surface area contributed by atoms with E-state index in [-0.39, 0.29) is 18.4 Å². The van der Waals surface area contributed by atoms with Gasteiger partial charge in [-0.1, -0.05) is 17.7 Å². The number of carbonyl (C=O) groups is 1. The molecule has 0 aliphatic carbocycles. The van der Waals surface area contributed by atoms with Gasteiger partial charge in [-0.2, -0.15) is 0 Å². The topological polar surface area (TPSA) is 56.8 Å². The Balaban J connectivity index is 1.84. The molecule has 0 heterocycles. The van der Waals surface area contributed by atoms with Crippen molar-refractivity contribution in [1.82, 2.24) is 5.32 Å². The fraction of sp³-hybridized carbons (Fsp3) is 0.350. The minimum atomic E-state index is -0.136. The van der Waals surface area contributed by atoms with Crippen LogP contribution in [-0.4, -0.2) is 26.7 Å². The van der Waals surface area contributed by atoms with E-state index in [4.69, 9.17) is 14.2 Å². The average Bonchev–Trinajstić information content (AvgIpc) is 2.62. The van der Waals surface area contributed by atoms with E-state index >= 15 is 0 Å². The van der Waals surface area contributed by atoms with Crippen molar-refractivity contribution in [2.75, 3.05) is 20.8 Å². The Bertz CT molecular complexity index is 697. The molecular formula is C20H25NO4. The Hall–Kier alpha value is -2.69. The van der Waals surface area contributed by atoms with E-state index in [1.54, 1.807) is 14.2 Å². The van der Waals surface area contributed by atoms with E-state index in [1.165, 1.54) is 0 Å². The van der Waals surface area contributed by atoms with Crippen LogP contribution < -0.4 is 19.5 Å². The largest absolute Gasteiger partial charge is 0.497 e. The maximum Gasteiger partial charge on any atom is 0.223 e. The number of methoxy groups -OCH3 is 2. The molecule has 134 valence electrons. The van der Waals surface area contributed by atoms with Crippen molar-refractivity contribution < 1.29 is 19.0 Å². The second-order valence-electron chi connectivity index (χ2n) is 5.81. The highest BCUT2D eigenvalue weighted by Crippen LogP contribution is 2.26. The molecule has 1 N–H and O–H groups in total. The standard InChI is InChI=1S/C20H25NO4/c1-14-5-10-19(24-4)18(13-14)15(2)21-20(22)11-12-25-17-8-6-16(23-3)7-9-17/h5-10,13,15H,11-12H2,1-4H3,(H,21,22). The smallest absolute Gasteiger partial charge is 0.223 e. The number of aryl methyl sites for hydroxylation is 1. The summed E-state index contributed by atoms with van der Waals surface area (Å²) in [6.07, 6.45) is 0.282. The SMILES string of the molecule is COc1ccc(OCCC(=O)NC(C)c2cc(C)ccc2OC)cc1. The quantitative estimate of drug-likeness (QED) is 0.795. The lowest BCUT2D eigenvalue weighted by Gasteiger charge is -2.18. The normalized spacial score (nSPS) is 11.5. The molecule has 1 unspecified atom stereocenters. The first-order valence-corrected chi connectivity index (χ1v) is 8.24. The van der Waals surface area contributed by atoms with Gasteiger partial charge in [-0.3, -0.25) is 4.79 Å². The lowest BCUT2D eigenvalue weighted by Crippen LogP contribution is -2.28. The van der Waals surface area contributed by atoms with Crippen LogP contribution in [0, 0.1) is 6.92 Å². The summed E-state index contributed by atoms with van der Waals surface area (Å²) >= 11 is 0. The molecule has 5 nitrogen and oxygen atoms in total. The third-order valence-corrected chi connectivity index (χ3v) is 3.89. The highest BCUT2D eigenvalue weighted by molar-refractivity contribution is 5.76. The zero-order chi connectivity index (χ0) is 18.2. The fourth-order valence-electron chi connectivity index (χ4n) is 2.52. The zero-order valence-electron chi connectivity index (χ0n) is 15.2. The first-order chi connectivity index (χ1) is 12.0. The van der Waals surface area contributed by atoms with Crippen molar-refractivity contribution in [3.05, 3.63) is 53.6 Å². The van der Waals surface area contributed by atoms with Crippen LogP contribution >= 0.6 is 0 Å². The molecule has 0 saturated heterocycles. The number of amides is 1. The van der Waals surface area contributed by atoms with Crippen LogP contribution in [0.5, 0.6) is 17.2 Å². The lowest BCUT2D eigenvalue weighted by atomic mass is 10.0. The highest BCUT2D eigenvalue weighted by atomic mass is 16.5. The van der Waals surface area contributed by atoms with Crippen molar-refractivity contribution in [2.45, 2.75) is 26.3 Å². The molecule has 0 aliphatic heterocycles. The predicted octanol–water partition coefficient (Wildman–Crippen LogP) is 3.66. The van der Waals surface area contributed by atoms with Gasteiger partial charge in [-0.25, -0.2) is 0 Å². The number of rotatable bonds is 8. The number of hydrogen-bond acceptors (Lipinski definition) is 4. The summed E-state index contributed by atoms with van der Waals surface area (Å²) in [7, 11) is 3.25. The van der Waals surface area contributed by atoms with Crippen molar-refractivity contribution in [3.63, 3.8) is 0 Å². The lowest BCUT2D eigenvalue weighted by molar-refractivity contribution is -0.122. The molecule has 2 rings (SSSR count). The molecular weight excluding hydrogens is 318 g/mol. The first-order valence-electron chi connectivity index (χ1n) is 8.24. The van der Waals surface area contributed by atoms with E-state index < -0.39 is 0 Å². The van der Waals surface area contributed by atoms with E-state index in [0.717, 1.165) is 22.6 Å². The van der Waals surface area contributed by atoms with Gasteiger partial charge in [-0.05, 0) is 44.2 Å². The second kappa shape index (κ2) is 8.97. The molecule has 0 saturated carbocycles. The van der Waals surface area contributed by atoms with E-state index in [2.05, 4.69) is 5.32 Å². The Morgan fingerprint density at radius 1 is 1.04 bits per heavy atom. The summed E-state index contributed by atoms with van der Waals surface area (Å²) in [6, 6.07) is 13.1. The van der Waals surface area contributed by atoms with Crippen molar-refractivity contribution in [2.24, 2.45) is 0 Å². The second-order valence-corrected chi connectivity index (χ2v) is 5.81. The minimum absolute atomic E-state index is 0.0652. The van der Waals surface area contributed by atoms with Crippen LogP contribution in [0.4, 0.5) is 0 Å². The molecule has 0 aliphatic rings. The third-order valence-electron chi connectivity index (χ3n) is 3.89. The van der Waals surface area contributed by atoms with Crippen LogP contribution in [0.25, 0.3) is 0 Å². The van der Waals surface area contributed by atoms with Crippen molar-refractivity contribution in [1.29, 1.82) is 0 Å². The summed E-state index contributed by atoms with van der Waals surface area (Å²) in [5, 5.41) is 2.98. The van der Waals surface area contributed by atoms with Gasteiger partial charge in [0.2, 0.25) is 5.91 Å². The summed E-state index contributed by atoms with van der Waals surface area (Å²) in [5.41, 5.74) is 2.09. The molecule has 0 spiro atoms. The zero-order valence-corrected chi connectivity index (χ0v) is 15.2. The van der Waals surface area contributed by atoms with Gasteiger partial charge < -0.3 is 19.5 Å². The summed E-state index contributed by atoms with van der Waals surface area (Å²) in [6.45, 7) is 4.27. The van der Waals surface area contributed by atoms with Gasteiger partial charge in [0.1, 0.15) is 17.2 Å². The number of benzene rings is 2. The van der Waals surface area contributed by atoms with Crippen LogP contribution in [-0.2, 0) is 4.79 Å². The fourth-order valence-corrected chi connectivity index (χ4v) is 2.52. The predicted molar refractivity (Wildman–Crippen MR) is 97.4 cm³/mol. The van der Waals surface area contributed by atoms with Crippen molar-refractivity contribution >= 4 is 5.91 Å². The number of nitrogens with one attached hydrogen (secondary N) is 1. The monoisotopic (exact) mass is 343 g/mol. The van der Waals surface area contributed by atoms with E-state index in [9.17, 15) is 4.79 Å². The van der Waals surface area contributed by atoms with Crippen LogP contribution in [0.15, 0.2) is 42.5 Å². The average molecular weight is 343 g/mol. The highest BCUT2D eigenvalue weighted by Gasteiger charge is 2.14. The van der Waals surface area contributed by atoms with Gasteiger partial charge in [0.05, 0.1) is 33.3 Å². The molecule has 0 fully saturated rings. The van der Waals surface area contributed by atoms with Gasteiger partial charge in [0, 0.05) is 5.56 Å². The van der Waals surface area contributed by atoms with E-state index in [1.807, 2.05) is 56.3 Å². The van der Waals surface area contributed by atoms with Crippen LogP contribution in [0.3, 0.4) is 0 Å². The molecule has 0 bridgehead atoms. The molecule has 0 aromatic heterocycles. The molecule has 1 amide bonds. The van der Waals surface area contributed by atoms with Crippen molar-refractivity contribution in [3.8, 4) is 17.2 Å². The summed E-state index contributed by atoms with van der Waals surface area (Å²) in [4.78, 5) is 12.2. The molecule has 5 heteroatoms. The molecule has 2 aromatic rings. The maximum absolute atomic E-state index is 12.2. The Morgan fingerprint density at radius 2 is 1.72 bits per heavy atom. The number of ether oxygens (including phenoxy) is 3. The Kier molecular flexibility index (Phi) is 6.69. The van der Waals surface area contributed by atoms with Gasteiger partial charge in [-0.15, -0.1) is 0 Å². The van der Waals surface area contributed by atoms with Crippen LogP contribution in [0.1, 0.15) is 30.5 Å². The van der Waals surface area contributed by atoms with Gasteiger partial charge >= 0.3 is 0 Å². The maximum atomic E-state index is 12.2. The Morgan fingerprint density at radius 3 is 2.36 bits per heavy atom. The number of hydrogen-bond donors (Lipinski definition) is 1. The minimum Gasteiger partial charge on any atom is -0.497 e. The summed E-state index contributed by atoms with van der Waals surface area (Å²) < 4.78 is 16.1. The van der Waals surface area contributed by atoms with Crippen LogP contribution in [0.2, 0.25) is 0 Å². The third kappa shape index (κ3) is 5.41.